The number of benzene rings is 1. The lowest BCUT2D eigenvalue weighted by atomic mass is 10.0. The number of rotatable bonds is 3. The Morgan fingerprint density at radius 3 is 2.64 bits per heavy atom. The molecule has 0 spiro atoms. The first-order chi connectivity index (χ1) is 11.9. The number of aromatic nitrogens is 1. The van der Waals surface area contributed by atoms with Crippen LogP contribution in [0.25, 0.3) is 11.6 Å². The van der Waals surface area contributed by atoms with Gasteiger partial charge in [-0.1, -0.05) is 0 Å². The molecular formula is C17H12Br2N2O4. The van der Waals surface area contributed by atoms with Gasteiger partial charge in [-0.15, -0.1) is 0 Å². The van der Waals surface area contributed by atoms with Gasteiger partial charge in [0.15, 0.2) is 0 Å². The number of pyridine rings is 1. The number of aromatic hydroxyl groups is 1. The summed E-state index contributed by atoms with van der Waals surface area (Å²) in [5.74, 6) is -0.346. The number of anilines is 1. The molecule has 128 valence electrons. The van der Waals surface area contributed by atoms with Crippen LogP contribution in [0, 0.1) is 0 Å². The Kier molecular flexibility index (Phi) is 4.91. The van der Waals surface area contributed by atoms with E-state index >= 15 is 0 Å². The molecule has 3 rings (SSSR count). The molecule has 2 aromatic rings. The summed E-state index contributed by atoms with van der Waals surface area (Å²) in [6, 6.07) is 4.94. The number of carbonyl (C=O) groups excluding carboxylic acids is 2. The summed E-state index contributed by atoms with van der Waals surface area (Å²) in [6.07, 6.45) is 3.03. The molecule has 0 atom stereocenters. The van der Waals surface area contributed by atoms with Crippen LogP contribution in [0.3, 0.4) is 0 Å². The third-order valence-electron chi connectivity index (χ3n) is 3.52. The van der Waals surface area contributed by atoms with Crippen molar-refractivity contribution >= 4 is 61.2 Å². The van der Waals surface area contributed by atoms with Gasteiger partial charge < -0.3 is 15.2 Å². The van der Waals surface area contributed by atoms with E-state index in [1.807, 2.05) is 0 Å². The van der Waals surface area contributed by atoms with Gasteiger partial charge in [-0.3, -0.25) is 4.79 Å². The van der Waals surface area contributed by atoms with Crippen molar-refractivity contribution in [1.82, 2.24) is 4.98 Å². The van der Waals surface area contributed by atoms with Crippen molar-refractivity contribution in [2.75, 3.05) is 11.9 Å². The SMILES string of the molecule is CCOC(=O)c1cnc2c(c1)C(=Cc1cc(Br)c(O)c(Br)c1)C(=O)N2. The number of halogens is 2. The first-order valence-corrected chi connectivity index (χ1v) is 8.88. The summed E-state index contributed by atoms with van der Waals surface area (Å²) in [6.45, 7) is 1.97. The van der Waals surface area contributed by atoms with E-state index < -0.39 is 5.97 Å². The molecule has 6 nitrogen and oxygen atoms in total. The second-order valence-electron chi connectivity index (χ2n) is 5.19. The zero-order valence-corrected chi connectivity index (χ0v) is 16.1. The average molecular weight is 468 g/mol. The fourth-order valence-electron chi connectivity index (χ4n) is 2.37. The summed E-state index contributed by atoms with van der Waals surface area (Å²) in [5.41, 5.74) is 1.86. The fraction of sp³-hybridized carbons (Fsp3) is 0.118. The van der Waals surface area contributed by atoms with E-state index in [1.165, 1.54) is 6.20 Å². The molecule has 0 radical (unpaired) electrons. The van der Waals surface area contributed by atoms with Crippen molar-refractivity contribution < 1.29 is 19.4 Å². The average Bonchev–Trinajstić information content (AvgIpc) is 2.88. The lowest BCUT2D eigenvalue weighted by Crippen LogP contribution is -2.05. The second kappa shape index (κ2) is 6.97. The molecule has 1 aromatic heterocycles. The first kappa shape index (κ1) is 17.6. The summed E-state index contributed by atoms with van der Waals surface area (Å²) < 4.78 is 5.95. The van der Waals surface area contributed by atoms with Crippen LogP contribution in [-0.2, 0) is 9.53 Å². The lowest BCUT2D eigenvalue weighted by molar-refractivity contribution is -0.110. The minimum absolute atomic E-state index is 0.0738. The van der Waals surface area contributed by atoms with E-state index in [9.17, 15) is 14.7 Å². The number of nitrogens with one attached hydrogen (secondary N) is 1. The van der Waals surface area contributed by atoms with Crippen molar-refractivity contribution in [3.8, 4) is 5.75 Å². The van der Waals surface area contributed by atoms with Crippen LogP contribution in [0.15, 0.2) is 33.3 Å². The Hall–Kier alpha value is -2.19. The Morgan fingerprint density at radius 1 is 1.32 bits per heavy atom. The van der Waals surface area contributed by atoms with Gasteiger partial charge in [-0.2, -0.15) is 0 Å². The van der Waals surface area contributed by atoms with E-state index in [-0.39, 0.29) is 23.8 Å². The molecule has 0 aliphatic carbocycles. The highest BCUT2D eigenvalue weighted by molar-refractivity contribution is 9.11. The van der Waals surface area contributed by atoms with Crippen molar-refractivity contribution in [1.29, 1.82) is 0 Å². The molecule has 25 heavy (non-hydrogen) atoms. The van der Waals surface area contributed by atoms with Crippen molar-refractivity contribution in [2.45, 2.75) is 6.92 Å². The smallest absolute Gasteiger partial charge is 0.339 e. The predicted molar refractivity (Wildman–Crippen MR) is 100 cm³/mol. The summed E-state index contributed by atoms with van der Waals surface area (Å²) >= 11 is 6.52. The van der Waals surface area contributed by atoms with Crippen LogP contribution in [0.5, 0.6) is 5.75 Å². The molecule has 0 fully saturated rings. The van der Waals surface area contributed by atoms with Crippen LogP contribution < -0.4 is 5.32 Å². The van der Waals surface area contributed by atoms with E-state index in [1.54, 1.807) is 31.2 Å². The van der Waals surface area contributed by atoms with Crippen molar-refractivity contribution in [3.63, 3.8) is 0 Å². The van der Waals surface area contributed by atoms with Crippen LogP contribution in [-0.4, -0.2) is 28.6 Å². The standard InChI is InChI=1S/C17H12Br2N2O4/c1-2-25-17(24)9-6-10-11(16(23)21-15(10)20-7-9)3-8-4-12(18)14(22)13(19)5-8/h3-7,22H,2H2,1H3,(H,20,21,23). The van der Waals surface area contributed by atoms with Gasteiger partial charge in [0.1, 0.15) is 11.6 Å². The van der Waals surface area contributed by atoms with Crippen LogP contribution in [0.1, 0.15) is 28.4 Å². The number of hydrogen-bond acceptors (Lipinski definition) is 5. The van der Waals surface area contributed by atoms with Crippen molar-refractivity contribution in [3.05, 3.63) is 50.0 Å². The van der Waals surface area contributed by atoms with Gasteiger partial charge in [0, 0.05) is 11.8 Å². The highest BCUT2D eigenvalue weighted by Gasteiger charge is 2.27. The largest absolute Gasteiger partial charge is 0.506 e. The third-order valence-corrected chi connectivity index (χ3v) is 4.72. The number of phenolic OH excluding ortho intramolecular Hbond substituents is 1. The molecule has 0 saturated carbocycles. The van der Waals surface area contributed by atoms with Crippen LogP contribution >= 0.6 is 31.9 Å². The first-order valence-electron chi connectivity index (χ1n) is 7.29. The molecule has 1 aliphatic rings. The van der Waals surface area contributed by atoms with Gasteiger partial charge in [-0.25, -0.2) is 9.78 Å². The Labute approximate surface area is 160 Å². The van der Waals surface area contributed by atoms with Crippen molar-refractivity contribution in [2.24, 2.45) is 0 Å². The number of fused-ring (bicyclic) bond motifs is 1. The highest BCUT2D eigenvalue weighted by Crippen LogP contribution is 2.36. The monoisotopic (exact) mass is 466 g/mol. The van der Waals surface area contributed by atoms with Gasteiger partial charge >= 0.3 is 5.97 Å². The number of phenols is 1. The maximum absolute atomic E-state index is 12.3. The Morgan fingerprint density at radius 2 is 2.00 bits per heavy atom. The van der Waals surface area contributed by atoms with Gasteiger partial charge in [-0.05, 0) is 68.6 Å². The third kappa shape index (κ3) is 3.45. The number of ether oxygens (including phenoxy) is 1. The van der Waals surface area contributed by atoms with Crippen LogP contribution in [0.2, 0.25) is 0 Å². The zero-order valence-electron chi connectivity index (χ0n) is 13.0. The number of carbonyl (C=O) groups is 2. The quantitative estimate of drug-likeness (QED) is 0.526. The Bertz CT molecular complexity index is 902. The number of amides is 1. The minimum atomic E-state index is -0.494. The molecule has 1 aliphatic heterocycles. The zero-order chi connectivity index (χ0) is 18.1. The second-order valence-corrected chi connectivity index (χ2v) is 6.89. The maximum atomic E-state index is 12.3. The summed E-state index contributed by atoms with van der Waals surface area (Å²) in [4.78, 5) is 28.3. The molecule has 0 bridgehead atoms. The van der Waals surface area contributed by atoms with E-state index in [0.717, 1.165) is 0 Å². The molecule has 1 aromatic carbocycles. The molecule has 2 heterocycles. The number of nitrogens with zero attached hydrogens (tertiary/aromatic N) is 1. The van der Waals surface area contributed by atoms with E-state index in [0.29, 0.717) is 31.5 Å². The molecule has 0 saturated heterocycles. The maximum Gasteiger partial charge on any atom is 0.339 e. The molecular weight excluding hydrogens is 456 g/mol. The molecule has 8 heteroatoms. The van der Waals surface area contributed by atoms with E-state index in [2.05, 4.69) is 42.2 Å². The minimum Gasteiger partial charge on any atom is -0.506 e. The topological polar surface area (TPSA) is 88.5 Å². The lowest BCUT2D eigenvalue weighted by Gasteiger charge is -2.05. The molecule has 0 unspecified atom stereocenters. The van der Waals surface area contributed by atoms with Gasteiger partial charge in [0.25, 0.3) is 5.91 Å². The van der Waals surface area contributed by atoms with E-state index in [4.69, 9.17) is 4.74 Å². The fourth-order valence-corrected chi connectivity index (χ4v) is 3.59. The summed E-state index contributed by atoms with van der Waals surface area (Å²) in [5, 5.41) is 12.5. The van der Waals surface area contributed by atoms with Gasteiger partial charge in [0.2, 0.25) is 0 Å². The normalized spacial score (nSPS) is 14.4. The van der Waals surface area contributed by atoms with Gasteiger partial charge in [0.05, 0.1) is 26.7 Å². The van der Waals surface area contributed by atoms with Crippen LogP contribution in [0.4, 0.5) is 5.82 Å². The number of esters is 1. The summed E-state index contributed by atoms with van der Waals surface area (Å²) in [7, 11) is 0. The number of hydrogen-bond donors (Lipinski definition) is 2. The Balaban J connectivity index is 2.06. The molecule has 1 amide bonds. The molecule has 2 N–H and O–H groups in total. The highest BCUT2D eigenvalue weighted by atomic mass is 79.9. The predicted octanol–water partition coefficient (Wildman–Crippen LogP) is 3.98.